The minimum Gasteiger partial charge on any atom is -0.387 e. The number of aromatic nitrogens is 2. The lowest BCUT2D eigenvalue weighted by Crippen LogP contribution is -2.01. The second kappa shape index (κ2) is 4.02. The average molecular weight is 206 g/mol. The first kappa shape index (κ1) is 10.4. The van der Waals surface area contributed by atoms with Gasteiger partial charge in [0.1, 0.15) is 0 Å². The molecule has 74 valence electrons. The Balaban J connectivity index is 2.43. The summed E-state index contributed by atoms with van der Waals surface area (Å²) in [7, 11) is -4.02. The quantitative estimate of drug-likeness (QED) is 0.519. The molecule has 0 aliphatic heterocycles. The summed E-state index contributed by atoms with van der Waals surface area (Å²) in [6.07, 6.45) is 1.62. The Morgan fingerprint density at radius 3 is 2.77 bits per heavy atom. The molecule has 1 atom stereocenters. The predicted molar refractivity (Wildman–Crippen MR) is 45.1 cm³/mol. The summed E-state index contributed by atoms with van der Waals surface area (Å²) in [5.74, 6) is 0. The van der Waals surface area contributed by atoms with E-state index in [1.165, 1.54) is 12.5 Å². The van der Waals surface area contributed by atoms with Gasteiger partial charge in [0.15, 0.2) is 0 Å². The van der Waals surface area contributed by atoms with Crippen molar-refractivity contribution in [1.82, 2.24) is 9.97 Å². The molecule has 0 aliphatic rings. The van der Waals surface area contributed by atoms with Crippen LogP contribution in [-0.4, -0.2) is 31.0 Å². The topological polar surface area (TPSA) is 106 Å². The molecule has 0 aliphatic carbocycles. The van der Waals surface area contributed by atoms with E-state index in [-0.39, 0.29) is 12.6 Å². The van der Waals surface area contributed by atoms with Crippen LogP contribution in [0.3, 0.4) is 0 Å². The first-order valence-electron chi connectivity index (χ1n) is 3.70. The third-order valence-corrected chi connectivity index (χ3v) is 2.41. The van der Waals surface area contributed by atoms with Crippen LogP contribution in [0.5, 0.6) is 0 Å². The van der Waals surface area contributed by atoms with Crippen molar-refractivity contribution in [1.29, 1.82) is 0 Å². The molecule has 7 heteroatoms. The number of aliphatic hydroxyl groups excluding tert-OH is 1. The summed E-state index contributed by atoms with van der Waals surface area (Å²) in [5, 5.41) is 9.36. The zero-order valence-electron chi connectivity index (χ0n) is 6.79. The van der Waals surface area contributed by atoms with Crippen LogP contribution in [0.15, 0.2) is 12.5 Å². The molecule has 0 saturated carbocycles. The monoisotopic (exact) mass is 206 g/mol. The van der Waals surface area contributed by atoms with E-state index in [9.17, 15) is 9.67 Å². The fourth-order valence-electron chi connectivity index (χ4n) is 0.895. The van der Waals surface area contributed by atoms with Crippen molar-refractivity contribution in [3.05, 3.63) is 18.2 Å². The third kappa shape index (κ3) is 3.69. The Bertz CT molecular complexity index is 294. The lowest BCUT2D eigenvalue weighted by atomic mass is 10.2. The number of imidazole rings is 1. The largest absolute Gasteiger partial charge is 0.387 e. The number of hydrogen-bond acceptors (Lipinski definition) is 3. The summed E-state index contributed by atoms with van der Waals surface area (Å²) in [6, 6.07) is 0. The Morgan fingerprint density at radius 2 is 2.31 bits per heavy atom. The van der Waals surface area contributed by atoms with Gasteiger partial charge in [-0.3, -0.25) is 4.57 Å². The highest BCUT2D eigenvalue weighted by Crippen LogP contribution is 2.36. The highest BCUT2D eigenvalue weighted by atomic mass is 31.2. The second-order valence-corrected chi connectivity index (χ2v) is 4.48. The molecule has 1 aromatic rings. The molecule has 6 nitrogen and oxygen atoms in total. The van der Waals surface area contributed by atoms with Gasteiger partial charge in [0.05, 0.1) is 30.5 Å². The minimum absolute atomic E-state index is 0.0203. The maximum absolute atomic E-state index is 10.5. The number of aliphatic hydroxyl groups is 1. The second-order valence-electron chi connectivity index (χ2n) is 2.70. The number of rotatable bonds is 4. The molecule has 1 rings (SSSR count). The van der Waals surface area contributed by atoms with E-state index >= 15 is 0 Å². The molecule has 1 heterocycles. The van der Waals surface area contributed by atoms with Crippen molar-refractivity contribution in [3.8, 4) is 0 Å². The number of nitrogens with one attached hydrogen (secondary N) is 1. The molecule has 1 aromatic heterocycles. The summed E-state index contributed by atoms with van der Waals surface area (Å²) in [5.41, 5.74) is 0.466. The van der Waals surface area contributed by atoms with Crippen LogP contribution >= 0.6 is 7.60 Å². The van der Waals surface area contributed by atoms with Crippen molar-refractivity contribution in [3.63, 3.8) is 0 Å². The van der Waals surface area contributed by atoms with E-state index < -0.39 is 13.7 Å². The van der Waals surface area contributed by atoms with Crippen LogP contribution < -0.4 is 0 Å². The van der Waals surface area contributed by atoms with Crippen molar-refractivity contribution in [2.45, 2.75) is 12.5 Å². The van der Waals surface area contributed by atoms with Gasteiger partial charge in [-0.05, 0) is 6.42 Å². The van der Waals surface area contributed by atoms with Gasteiger partial charge in [-0.1, -0.05) is 0 Å². The Labute approximate surface area is 74.8 Å². The van der Waals surface area contributed by atoms with Gasteiger partial charge in [0.25, 0.3) is 0 Å². The van der Waals surface area contributed by atoms with Crippen molar-refractivity contribution in [2.75, 3.05) is 6.16 Å². The molecule has 0 bridgehead atoms. The lowest BCUT2D eigenvalue weighted by molar-refractivity contribution is 0.167. The zero-order valence-corrected chi connectivity index (χ0v) is 7.69. The van der Waals surface area contributed by atoms with Gasteiger partial charge in [0.2, 0.25) is 0 Å². The number of H-pyrrole nitrogens is 1. The smallest absolute Gasteiger partial charge is 0.325 e. The first-order chi connectivity index (χ1) is 5.99. The molecule has 0 spiro atoms. The normalized spacial score (nSPS) is 14.4. The molecule has 0 radical (unpaired) electrons. The van der Waals surface area contributed by atoms with Gasteiger partial charge in [-0.2, -0.15) is 0 Å². The lowest BCUT2D eigenvalue weighted by Gasteiger charge is -2.08. The zero-order chi connectivity index (χ0) is 9.90. The van der Waals surface area contributed by atoms with Crippen LogP contribution in [-0.2, 0) is 4.57 Å². The number of aromatic amines is 1. The summed E-state index contributed by atoms with van der Waals surface area (Å²) >= 11 is 0. The van der Waals surface area contributed by atoms with Crippen LogP contribution in [0.4, 0.5) is 0 Å². The molecule has 0 saturated heterocycles. The van der Waals surface area contributed by atoms with E-state index in [2.05, 4.69) is 9.97 Å². The summed E-state index contributed by atoms with van der Waals surface area (Å²) in [4.78, 5) is 23.4. The van der Waals surface area contributed by atoms with Crippen molar-refractivity contribution >= 4 is 7.60 Å². The molecule has 1 unspecified atom stereocenters. The maximum Gasteiger partial charge on any atom is 0.325 e. The van der Waals surface area contributed by atoms with E-state index in [1.54, 1.807) is 0 Å². The van der Waals surface area contributed by atoms with Gasteiger partial charge in [0, 0.05) is 0 Å². The molecular formula is C6H11N2O4P. The highest BCUT2D eigenvalue weighted by molar-refractivity contribution is 7.51. The van der Waals surface area contributed by atoms with E-state index in [0.717, 1.165) is 0 Å². The molecule has 0 fully saturated rings. The summed E-state index contributed by atoms with van der Waals surface area (Å²) in [6.45, 7) is 0. The minimum atomic E-state index is -4.02. The highest BCUT2D eigenvalue weighted by Gasteiger charge is 2.17. The van der Waals surface area contributed by atoms with Crippen LogP contribution in [0.1, 0.15) is 18.2 Å². The molecule has 13 heavy (non-hydrogen) atoms. The number of hydrogen-bond donors (Lipinski definition) is 4. The molecule has 0 aromatic carbocycles. The maximum atomic E-state index is 10.5. The Kier molecular flexibility index (Phi) is 3.22. The van der Waals surface area contributed by atoms with Crippen LogP contribution in [0.2, 0.25) is 0 Å². The van der Waals surface area contributed by atoms with E-state index in [0.29, 0.717) is 5.69 Å². The molecule has 4 N–H and O–H groups in total. The summed E-state index contributed by atoms with van der Waals surface area (Å²) < 4.78 is 10.5. The fourth-order valence-corrected chi connectivity index (χ4v) is 1.48. The predicted octanol–water partition coefficient (Wildman–Crippen LogP) is 0.0109. The molecule has 0 amide bonds. The Hall–Kier alpha value is -0.680. The standard InChI is InChI=1S/C6H11N2O4P/c9-6(1-2-13(10,11)12)5-3-7-4-8-5/h3-4,6,9H,1-2H2,(H,7,8)(H2,10,11,12). The molecular weight excluding hydrogens is 195 g/mol. The third-order valence-electron chi connectivity index (χ3n) is 1.57. The Morgan fingerprint density at radius 1 is 1.62 bits per heavy atom. The van der Waals surface area contributed by atoms with Gasteiger partial charge >= 0.3 is 7.60 Å². The fraction of sp³-hybridized carbons (Fsp3) is 0.500. The SMILES string of the molecule is O=P(O)(O)CCC(O)c1cnc[nH]1. The van der Waals surface area contributed by atoms with Crippen LogP contribution in [0.25, 0.3) is 0 Å². The van der Waals surface area contributed by atoms with Gasteiger partial charge in [-0.25, -0.2) is 4.98 Å². The van der Waals surface area contributed by atoms with Crippen molar-refractivity contribution < 1.29 is 19.5 Å². The van der Waals surface area contributed by atoms with Crippen molar-refractivity contribution in [2.24, 2.45) is 0 Å². The van der Waals surface area contributed by atoms with Gasteiger partial charge in [-0.15, -0.1) is 0 Å². The average Bonchev–Trinajstić information content (AvgIpc) is 2.50. The van der Waals surface area contributed by atoms with Crippen LogP contribution in [0, 0.1) is 0 Å². The van der Waals surface area contributed by atoms with Gasteiger partial charge < -0.3 is 19.9 Å². The number of nitrogens with zero attached hydrogens (tertiary/aromatic N) is 1. The van der Waals surface area contributed by atoms with E-state index in [1.807, 2.05) is 0 Å². The first-order valence-corrected chi connectivity index (χ1v) is 5.50. The van der Waals surface area contributed by atoms with E-state index in [4.69, 9.17) is 9.79 Å².